The van der Waals surface area contributed by atoms with Crippen LogP contribution in [0.25, 0.3) is 0 Å². The fourth-order valence-electron chi connectivity index (χ4n) is 2.57. The highest BCUT2D eigenvalue weighted by Gasteiger charge is 2.11. The highest BCUT2D eigenvalue weighted by atomic mass is 79.9. The van der Waals surface area contributed by atoms with Crippen molar-refractivity contribution in [2.45, 2.75) is 6.61 Å². The summed E-state index contributed by atoms with van der Waals surface area (Å²) in [5, 5.41) is 5.59. The molecule has 0 unspecified atom stereocenters. The van der Waals surface area contributed by atoms with E-state index in [9.17, 15) is 9.59 Å². The SMILES string of the molecule is NC(=O)c1ccccc1OCc1ccccc1NC(=O)Nc1cccc(Br)c1. The van der Waals surface area contributed by atoms with E-state index in [2.05, 4.69) is 26.6 Å². The molecule has 0 saturated carbocycles. The molecule has 7 heteroatoms. The lowest BCUT2D eigenvalue weighted by atomic mass is 10.1. The number of anilines is 2. The Morgan fingerprint density at radius 1 is 0.929 bits per heavy atom. The largest absolute Gasteiger partial charge is 0.488 e. The summed E-state index contributed by atoms with van der Waals surface area (Å²) in [5.41, 5.74) is 7.70. The molecule has 0 fully saturated rings. The van der Waals surface area contributed by atoms with Gasteiger partial charge in [0.1, 0.15) is 12.4 Å². The van der Waals surface area contributed by atoms with E-state index in [1.807, 2.05) is 30.3 Å². The van der Waals surface area contributed by atoms with E-state index in [4.69, 9.17) is 10.5 Å². The molecule has 28 heavy (non-hydrogen) atoms. The van der Waals surface area contributed by atoms with Crippen LogP contribution in [0.2, 0.25) is 0 Å². The zero-order valence-electron chi connectivity index (χ0n) is 14.8. The summed E-state index contributed by atoms with van der Waals surface area (Å²) in [5.74, 6) is -0.168. The minimum atomic E-state index is -0.560. The van der Waals surface area contributed by atoms with Gasteiger partial charge in [0, 0.05) is 21.4 Å². The molecule has 0 aliphatic heterocycles. The monoisotopic (exact) mass is 439 g/mol. The smallest absolute Gasteiger partial charge is 0.323 e. The van der Waals surface area contributed by atoms with Crippen LogP contribution in [0.5, 0.6) is 5.75 Å². The Balaban J connectivity index is 1.69. The van der Waals surface area contributed by atoms with E-state index in [-0.39, 0.29) is 12.6 Å². The van der Waals surface area contributed by atoms with Crippen LogP contribution in [0.15, 0.2) is 77.3 Å². The molecule has 0 radical (unpaired) electrons. The van der Waals surface area contributed by atoms with Gasteiger partial charge in [0.2, 0.25) is 0 Å². The fourth-order valence-corrected chi connectivity index (χ4v) is 2.97. The zero-order valence-corrected chi connectivity index (χ0v) is 16.4. The van der Waals surface area contributed by atoms with Crippen molar-refractivity contribution in [1.82, 2.24) is 0 Å². The molecule has 142 valence electrons. The lowest BCUT2D eigenvalue weighted by Gasteiger charge is -2.14. The van der Waals surface area contributed by atoms with Crippen molar-refractivity contribution in [3.05, 3.63) is 88.4 Å². The molecule has 0 aliphatic carbocycles. The van der Waals surface area contributed by atoms with E-state index in [0.29, 0.717) is 22.7 Å². The molecule has 0 heterocycles. The quantitative estimate of drug-likeness (QED) is 0.516. The topological polar surface area (TPSA) is 93.5 Å². The number of hydrogen-bond acceptors (Lipinski definition) is 3. The van der Waals surface area contributed by atoms with E-state index in [0.717, 1.165) is 10.0 Å². The number of hydrogen-bond donors (Lipinski definition) is 3. The zero-order chi connectivity index (χ0) is 19.9. The van der Waals surface area contributed by atoms with Gasteiger partial charge in [-0.05, 0) is 36.4 Å². The molecule has 4 N–H and O–H groups in total. The standard InChI is InChI=1S/C21H18BrN3O3/c22-15-7-5-8-16(12-15)24-21(27)25-18-10-3-1-6-14(18)13-28-19-11-4-2-9-17(19)20(23)26/h1-12H,13H2,(H2,23,26)(H2,24,25,27). The molecule has 0 saturated heterocycles. The van der Waals surface area contributed by atoms with Gasteiger partial charge in [0.05, 0.1) is 5.56 Å². The maximum atomic E-state index is 12.3. The number of carbonyl (C=O) groups excluding carboxylic acids is 2. The number of amides is 3. The number of para-hydroxylation sites is 2. The van der Waals surface area contributed by atoms with E-state index < -0.39 is 5.91 Å². The highest BCUT2D eigenvalue weighted by molar-refractivity contribution is 9.10. The maximum absolute atomic E-state index is 12.3. The van der Waals surface area contributed by atoms with Gasteiger partial charge >= 0.3 is 6.03 Å². The van der Waals surface area contributed by atoms with Gasteiger partial charge < -0.3 is 21.1 Å². The van der Waals surface area contributed by atoms with Crippen molar-refractivity contribution in [3.63, 3.8) is 0 Å². The normalized spacial score (nSPS) is 10.2. The average molecular weight is 440 g/mol. The predicted molar refractivity (Wildman–Crippen MR) is 113 cm³/mol. The lowest BCUT2D eigenvalue weighted by Crippen LogP contribution is -2.20. The summed E-state index contributed by atoms with van der Waals surface area (Å²) in [6.07, 6.45) is 0. The second-order valence-electron chi connectivity index (χ2n) is 5.90. The lowest BCUT2D eigenvalue weighted by molar-refractivity contribution is 0.0996. The second-order valence-corrected chi connectivity index (χ2v) is 6.81. The average Bonchev–Trinajstić information content (AvgIpc) is 2.67. The Hall–Kier alpha value is -3.32. The summed E-state index contributed by atoms with van der Waals surface area (Å²) in [7, 11) is 0. The number of nitrogens with two attached hydrogens (primary N) is 1. The minimum Gasteiger partial charge on any atom is -0.488 e. The van der Waals surface area contributed by atoms with Gasteiger partial charge in [-0.25, -0.2) is 4.79 Å². The van der Waals surface area contributed by atoms with E-state index >= 15 is 0 Å². The number of primary amides is 1. The number of rotatable bonds is 6. The first-order valence-electron chi connectivity index (χ1n) is 8.46. The third kappa shape index (κ3) is 5.11. The van der Waals surface area contributed by atoms with Gasteiger partial charge in [0.25, 0.3) is 5.91 Å². The van der Waals surface area contributed by atoms with E-state index in [1.54, 1.807) is 42.5 Å². The molecule has 0 bridgehead atoms. The van der Waals surface area contributed by atoms with Crippen LogP contribution in [0, 0.1) is 0 Å². The van der Waals surface area contributed by atoms with E-state index in [1.165, 1.54) is 0 Å². The number of benzene rings is 3. The van der Waals surface area contributed by atoms with Crippen molar-refractivity contribution < 1.29 is 14.3 Å². The Morgan fingerprint density at radius 2 is 1.68 bits per heavy atom. The van der Waals surface area contributed by atoms with Gasteiger partial charge in [-0.1, -0.05) is 52.3 Å². The molecule has 3 amide bonds. The summed E-state index contributed by atoms with van der Waals surface area (Å²) in [6, 6.07) is 21.0. The number of urea groups is 1. The Labute approximate surface area is 170 Å². The van der Waals surface area contributed by atoms with Gasteiger partial charge in [-0.3, -0.25) is 4.79 Å². The van der Waals surface area contributed by atoms with Gasteiger partial charge in [0.15, 0.2) is 0 Å². The molecule has 3 aromatic rings. The number of nitrogens with one attached hydrogen (secondary N) is 2. The Morgan fingerprint density at radius 3 is 2.46 bits per heavy atom. The highest BCUT2D eigenvalue weighted by Crippen LogP contribution is 2.22. The Bertz CT molecular complexity index is 1010. The molecule has 3 rings (SSSR count). The number of carbonyl (C=O) groups is 2. The summed E-state index contributed by atoms with van der Waals surface area (Å²) in [6.45, 7) is 0.164. The molecule has 0 atom stereocenters. The third-order valence-corrected chi connectivity index (χ3v) is 4.38. The van der Waals surface area contributed by atoms with Crippen molar-refractivity contribution in [2.24, 2.45) is 5.73 Å². The number of halogens is 1. The molecule has 0 aromatic heterocycles. The maximum Gasteiger partial charge on any atom is 0.323 e. The van der Waals surface area contributed by atoms with Crippen molar-refractivity contribution >= 4 is 39.2 Å². The third-order valence-electron chi connectivity index (χ3n) is 3.88. The van der Waals surface area contributed by atoms with Crippen LogP contribution in [0.4, 0.5) is 16.2 Å². The number of ether oxygens (including phenoxy) is 1. The fraction of sp³-hybridized carbons (Fsp3) is 0.0476. The van der Waals surface area contributed by atoms with Crippen LogP contribution in [0.1, 0.15) is 15.9 Å². The first-order valence-corrected chi connectivity index (χ1v) is 9.25. The molecular weight excluding hydrogens is 422 g/mol. The summed E-state index contributed by atoms with van der Waals surface area (Å²) < 4.78 is 6.63. The predicted octanol–water partition coefficient (Wildman–Crippen LogP) is 4.77. The molecule has 3 aromatic carbocycles. The first-order chi connectivity index (χ1) is 13.5. The van der Waals surface area contributed by atoms with Crippen LogP contribution < -0.4 is 21.1 Å². The van der Waals surface area contributed by atoms with Crippen LogP contribution >= 0.6 is 15.9 Å². The molecule has 0 aliphatic rings. The first kappa shape index (κ1) is 19.4. The van der Waals surface area contributed by atoms with Crippen LogP contribution in [0.3, 0.4) is 0 Å². The van der Waals surface area contributed by atoms with Crippen molar-refractivity contribution in [3.8, 4) is 5.75 Å². The van der Waals surface area contributed by atoms with Crippen molar-refractivity contribution in [1.29, 1.82) is 0 Å². The molecular formula is C21H18BrN3O3. The van der Waals surface area contributed by atoms with Crippen molar-refractivity contribution in [2.75, 3.05) is 10.6 Å². The Kier molecular flexibility index (Phi) is 6.29. The molecule has 6 nitrogen and oxygen atoms in total. The summed E-state index contributed by atoms with van der Waals surface area (Å²) in [4.78, 5) is 23.8. The minimum absolute atomic E-state index is 0.164. The van der Waals surface area contributed by atoms with Crippen LogP contribution in [-0.2, 0) is 6.61 Å². The molecule has 0 spiro atoms. The van der Waals surface area contributed by atoms with Gasteiger partial charge in [-0.15, -0.1) is 0 Å². The van der Waals surface area contributed by atoms with Crippen LogP contribution in [-0.4, -0.2) is 11.9 Å². The van der Waals surface area contributed by atoms with Gasteiger partial charge in [-0.2, -0.15) is 0 Å². The summed E-state index contributed by atoms with van der Waals surface area (Å²) >= 11 is 3.37. The second kappa shape index (κ2) is 9.05.